The van der Waals surface area contributed by atoms with Gasteiger partial charge in [0.05, 0.1) is 5.92 Å². The highest BCUT2D eigenvalue weighted by Gasteiger charge is 2.26. The van der Waals surface area contributed by atoms with E-state index in [0.717, 1.165) is 5.57 Å². The molecule has 0 aromatic carbocycles. The molecule has 1 heteroatoms. The lowest BCUT2D eigenvalue weighted by atomic mass is 9.81. The summed E-state index contributed by atoms with van der Waals surface area (Å²) in [7, 11) is 0. The van der Waals surface area contributed by atoms with Gasteiger partial charge in [-0.15, -0.1) is 0 Å². The molecular weight excluding hydrogens is 112 g/mol. The maximum absolute atomic E-state index is 10.7. The first kappa shape index (κ1) is 4.74. The summed E-state index contributed by atoms with van der Waals surface area (Å²) < 4.78 is 0. The Hall–Kier alpha value is -1.11. The third-order valence-electron chi connectivity index (χ3n) is 1.68. The standard InChI is InChI=1S/C8H6O/c9-8-5-6-3-1-2-4-7(6)8/h1-5,7H. The molecule has 0 spiro atoms. The van der Waals surface area contributed by atoms with Crippen LogP contribution in [-0.2, 0) is 4.79 Å². The van der Waals surface area contributed by atoms with Gasteiger partial charge in [0.1, 0.15) is 0 Å². The maximum atomic E-state index is 10.7. The van der Waals surface area contributed by atoms with Crippen molar-refractivity contribution >= 4 is 5.78 Å². The van der Waals surface area contributed by atoms with Gasteiger partial charge in [0.2, 0.25) is 0 Å². The molecule has 2 aliphatic rings. The van der Waals surface area contributed by atoms with Crippen molar-refractivity contribution < 1.29 is 4.79 Å². The van der Waals surface area contributed by atoms with E-state index in [1.165, 1.54) is 0 Å². The van der Waals surface area contributed by atoms with Crippen LogP contribution in [0.3, 0.4) is 0 Å². The molecule has 0 heterocycles. The lowest BCUT2D eigenvalue weighted by molar-refractivity contribution is -0.117. The van der Waals surface area contributed by atoms with Crippen molar-refractivity contribution in [2.45, 2.75) is 0 Å². The quantitative estimate of drug-likeness (QED) is 0.467. The van der Waals surface area contributed by atoms with Crippen LogP contribution in [0.5, 0.6) is 0 Å². The lowest BCUT2D eigenvalue weighted by Crippen LogP contribution is -2.22. The van der Waals surface area contributed by atoms with Crippen LogP contribution in [0.1, 0.15) is 0 Å². The lowest BCUT2D eigenvalue weighted by Gasteiger charge is -2.21. The smallest absolute Gasteiger partial charge is 0.167 e. The summed E-state index contributed by atoms with van der Waals surface area (Å²) in [5.41, 5.74) is 1.16. The van der Waals surface area contributed by atoms with E-state index in [4.69, 9.17) is 0 Å². The van der Waals surface area contributed by atoms with Crippen LogP contribution in [0, 0.1) is 5.92 Å². The molecule has 0 fully saturated rings. The number of hydrogen-bond acceptors (Lipinski definition) is 1. The van der Waals surface area contributed by atoms with Gasteiger partial charge in [0, 0.05) is 0 Å². The van der Waals surface area contributed by atoms with Gasteiger partial charge in [-0.1, -0.05) is 24.3 Å². The number of carbonyl (C=O) groups is 1. The second kappa shape index (κ2) is 1.44. The van der Waals surface area contributed by atoms with Crippen LogP contribution < -0.4 is 0 Å². The van der Waals surface area contributed by atoms with Crippen molar-refractivity contribution in [1.82, 2.24) is 0 Å². The normalized spacial score (nSPS) is 29.1. The second-order valence-corrected chi connectivity index (χ2v) is 2.27. The SMILES string of the molecule is O=C1C=C2C=CC=CC12. The predicted octanol–water partition coefficient (Wildman–Crippen LogP) is 1.24. The molecule has 0 aromatic rings. The van der Waals surface area contributed by atoms with Crippen LogP contribution in [0.2, 0.25) is 0 Å². The van der Waals surface area contributed by atoms with Gasteiger partial charge in [0.25, 0.3) is 0 Å². The minimum atomic E-state index is 0.106. The molecule has 0 saturated heterocycles. The molecule has 1 atom stereocenters. The molecule has 1 nitrogen and oxygen atoms in total. The van der Waals surface area contributed by atoms with Crippen molar-refractivity contribution in [3.05, 3.63) is 36.0 Å². The molecule has 0 bridgehead atoms. The number of carbonyl (C=O) groups excluding carboxylic acids is 1. The number of fused-ring (bicyclic) bond motifs is 1. The fraction of sp³-hybridized carbons (Fsp3) is 0.125. The average molecular weight is 118 g/mol. The highest BCUT2D eigenvalue weighted by Crippen LogP contribution is 2.28. The van der Waals surface area contributed by atoms with E-state index in [1.54, 1.807) is 6.08 Å². The molecule has 9 heavy (non-hydrogen) atoms. The highest BCUT2D eigenvalue weighted by atomic mass is 16.1. The fourth-order valence-electron chi connectivity index (χ4n) is 1.11. The highest BCUT2D eigenvalue weighted by molar-refractivity contribution is 6.04. The minimum Gasteiger partial charge on any atom is -0.294 e. The Kier molecular flexibility index (Phi) is 0.758. The van der Waals surface area contributed by atoms with Gasteiger partial charge in [-0.3, -0.25) is 4.79 Å². The van der Waals surface area contributed by atoms with Crippen molar-refractivity contribution in [3.8, 4) is 0 Å². The van der Waals surface area contributed by atoms with E-state index < -0.39 is 0 Å². The molecule has 0 radical (unpaired) electrons. The molecule has 2 aliphatic carbocycles. The first-order valence-electron chi connectivity index (χ1n) is 2.98. The molecular formula is C8H6O. The third-order valence-corrected chi connectivity index (χ3v) is 1.68. The van der Waals surface area contributed by atoms with Gasteiger partial charge in [-0.25, -0.2) is 0 Å². The van der Waals surface area contributed by atoms with Crippen LogP contribution in [0.25, 0.3) is 0 Å². The van der Waals surface area contributed by atoms with Crippen LogP contribution >= 0.6 is 0 Å². The van der Waals surface area contributed by atoms with Crippen LogP contribution in [0.15, 0.2) is 36.0 Å². The molecule has 44 valence electrons. The van der Waals surface area contributed by atoms with Gasteiger partial charge in [-0.2, -0.15) is 0 Å². The summed E-state index contributed by atoms with van der Waals surface area (Å²) in [6.07, 6.45) is 9.46. The van der Waals surface area contributed by atoms with Gasteiger partial charge < -0.3 is 0 Å². The van der Waals surface area contributed by atoms with Crippen molar-refractivity contribution in [2.24, 2.45) is 5.92 Å². The Morgan fingerprint density at radius 3 is 2.78 bits per heavy atom. The molecule has 0 aromatic heterocycles. The van der Waals surface area contributed by atoms with Crippen molar-refractivity contribution in [2.75, 3.05) is 0 Å². The van der Waals surface area contributed by atoms with Crippen LogP contribution in [0.4, 0.5) is 0 Å². The van der Waals surface area contributed by atoms with E-state index in [9.17, 15) is 4.79 Å². The topological polar surface area (TPSA) is 17.1 Å². The van der Waals surface area contributed by atoms with E-state index >= 15 is 0 Å². The van der Waals surface area contributed by atoms with Crippen molar-refractivity contribution in [3.63, 3.8) is 0 Å². The Morgan fingerprint density at radius 2 is 2.22 bits per heavy atom. The summed E-state index contributed by atoms with van der Waals surface area (Å²) in [5.74, 6) is 0.348. The third kappa shape index (κ3) is 0.515. The molecule has 0 amide bonds. The zero-order valence-corrected chi connectivity index (χ0v) is 4.87. The Bertz CT molecular complexity index is 243. The van der Waals surface area contributed by atoms with Gasteiger partial charge >= 0.3 is 0 Å². The average Bonchev–Trinajstić information content (AvgIpc) is 1.86. The van der Waals surface area contributed by atoms with E-state index in [-0.39, 0.29) is 11.7 Å². The fourth-order valence-corrected chi connectivity index (χ4v) is 1.11. The van der Waals surface area contributed by atoms with E-state index in [2.05, 4.69) is 0 Å². The second-order valence-electron chi connectivity index (χ2n) is 2.27. The zero-order chi connectivity index (χ0) is 6.27. The minimum absolute atomic E-state index is 0.106. The van der Waals surface area contributed by atoms with Crippen LogP contribution in [-0.4, -0.2) is 5.78 Å². The Balaban J connectivity index is 2.43. The first-order valence-corrected chi connectivity index (χ1v) is 2.98. The number of ketones is 1. The summed E-state index contributed by atoms with van der Waals surface area (Å²) in [5, 5.41) is 0. The summed E-state index contributed by atoms with van der Waals surface area (Å²) in [6, 6.07) is 0. The summed E-state index contributed by atoms with van der Waals surface area (Å²) >= 11 is 0. The Morgan fingerprint density at radius 1 is 1.33 bits per heavy atom. The summed E-state index contributed by atoms with van der Waals surface area (Å²) in [6.45, 7) is 0. The van der Waals surface area contributed by atoms with Gasteiger partial charge in [0.15, 0.2) is 5.78 Å². The van der Waals surface area contributed by atoms with Gasteiger partial charge in [-0.05, 0) is 11.6 Å². The van der Waals surface area contributed by atoms with E-state index in [1.807, 2.05) is 24.3 Å². The molecule has 1 unspecified atom stereocenters. The maximum Gasteiger partial charge on any atom is 0.167 e. The zero-order valence-electron chi connectivity index (χ0n) is 4.87. The number of rotatable bonds is 0. The molecule has 0 N–H and O–H groups in total. The largest absolute Gasteiger partial charge is 0.294 e. The number of allylic oxidation sites excluding steroid dienone is 6. The Labute approximate surface area is 53.4 Å². The molecule has 0 aliphatic heterocycles. The summed E-state index contributed by atoms with van der Waals surface area (Å²) in [4.78, 5) is 10.7. The monoisotopic (exact) mass is 118 g/mol. The molecule has 2 rings (SSSR count). The predicted molar refractivity (Wildman–Crippen MR) is 34.9 cm³/mol. The first-order chi connectivity index (χ1) is 4.38. The van der Waals surface area contributed by atoms with Crippen molar-refractivity contribution in [1.29, 1.82) is 0 Å². The molecule has 0 saturated carbocycles. The van der Waals surface area contributed by atoms with E-state index in [0.29, 0.717) is 0 Å². The number of hydrogen-bond donors (Lipinski definition) is 0.